The molecule has 2 nitrogen and oxygen atoms in total. The third-order valence-electron chi connectivity index (χ3n) is 2.08. The average Bonchev–Trinajstić information content (AvgIpc) is 1.49. The molecular weight excluding hydrogens is 227 g/mol. The zero-order valence-electron chi connectivity index (χ0n) is 8.46. The van der Waals surface area contributed by atoms with Crippen molar-refractivity contribution in [2.75, 3.05) is 0 Å². The molecule has 0 atom stereocenters. The molecule has 1 saturated heterocycles. The fourth-order valence-electron chi connectivity index (χ4n) is 2.14. The first kappa shape index (κ1) is 13.0. The Hall–Kier alpha value is 1.02. The Balaban J connectivity index is 0.00000121. The van der Waals surface area contributed by atoms with Crippen molar-refractivity contribution in [2.45, 2.75) is 57.7 Å². The van der Waals surface area contributed by atoms with Crippen LogP contribution < -0.4 is 0 Å². The van der Waals surface area contributed by atoms with Crippen LogP contribution in [0.2, 0.25) is 0 Å². The quantitative estimate of drug-likeness (QED) is 0.696. The van der Waals surface area contributed by atoms with Crippen LogP contribution in [0.4, 0.5) is 0 Å². The van der Waals surface area contributed by atoms with E-state index in [0.29, 0.717) is 0 Å². The van der Waals surface area contributed by atoms with E-state index in [0.717, 1.165) is 12.8 Å². The first-order valence-electron chi connectivity index (χ1n) is 4.23. The summed E-state index contributed by atoms with van der Waals surface area (Å²) in [7, 11) is 0. The standard InChI is InChI=1S/C9H18NO.Y/c1-8(2)5-7(11)6-9(3,4)10-8;/h7,11H,5-6H2,1-4H3;/q-1;. The molecule has 1 N–H and O–H groups in total. The Morgan fingerprint density at radius 1 is 1.08 bits per heavy atom. The minimum atomic E-state index is -0.169. The molecule has 1 rings (SSSR count). The third-order valence-corrected chi connectivity index (χ3v) is 2.08. The van der Waals surface area contributed by atoms with Crippen molar-refractivity contribution < 1.29 is 37.8 Å². The average molecular weight is 245 g/mol. The molecule has 69 valence electrons. The number of piperidine rings is 1. The van der Waals surface area contributed by atoms with Gasteiger partial charge in [0, 0.05) is 32.7 Å². The van der Waals surface area contributed by atoms with Crippen LogP contribution in [-0.2, 0) is 32.7 Å². The molecule has 0 aromatic rings. The molecule has 0 aromatic heterocycles. The van der Waals surface area contributed by atoms with E-state index >= 15 is 0 Å². The van der Waals surface area contributed by atoms with E-state index in [1.54, 1.807) is 0 Å². The summed E-state index contributed by atoms with van der Waals surface area (Å²) in [5, 5.41) is 14.2. The molecule has 0 saturated carbocycles. The Morgan fingerprint density at radius 3 is 1.67 bits per heavy atom. The van der Waals surface area contributed by atoms with Crippen LogP contribution in [0.1, 0.15) is 40.5 Å². The predicted molar refractivity (Wildman–Crippen MR) is 46.8 cm³/mol. The molecule has 0 aliphatic carbocycles. The molecule has 0 spiro atoms. The van der Waals surface area contributed by atoms with Gasteiger partial charge in [-0.25, -0.2) is 0 Å². The van der Waals surface area contributed by atoms with Crippen molar-refractivity contribution in [3.8, 4) is 0 Å². The van der Waals surface area contributed by atoms with Crippen molar-refractivity contribution in [3.63, 3.8) is 0 Å². The zero-order chi connectivity index (χ0) is 8.70. The van der Waals surface area contributed by atoms with Crippen molar-refractivity contribution in [3.05, 3.63) is 5.32 Å². The summed E-state index contributed by atoms with van der Waals surface area (Å²) in [6.07, 6.45) is 1.44. The molecule has 1 fully saturated rings. The number of nitrogens with zero attached hydrogens (tertiary/aromatic N) is 1. The fourth-order valence-corrected chi connectivity index (χ4v) is 2.14. The molecule has 1 radical (unpaired) electrons. The number of aliphatic hydroxyl groups excluding tert-OH is 1. The molecule has 12 heavy (non-hydrogen) atoms. The van der Waals surface area contributed by atoms with E-state index in [9.17, 15) is 5.11 Å². The molecule has 1 aliphatic heterocycles. The van der Waals surface area contributed by atoms with Crippen LogP contribution in [0.5, 0.6) is 0 Å². The second kappa shape index (κ2) is 4.04. The maximum absolute atomic E-state index is 9.52. The van der Waals surface area contributed by atoms with Crippen LogP contribution in [0, 0.1) is 0 Å². The topological polar surface area (TPSA) is 34.3 Å². The molecule has 3 heteroatoms. The summed E-state index contributed by atoms with van der Waals surface area (Å²) < 4.78 is 0. The summed E-state index contributed by atoms with van der Waals surface area (Å²) in [5.41, 5.74) is -0.0810. The SMILES string of the molecule is CC1(C)CC(O)CC(C)(C)[N-]1.[Y]. The van der Waals surface area contributed by atoms with Gasteiger partial charge in [-0.2, -0.15) is 0 Å². The van der Waals surface area contributed by atoms with E-state index in [4.69, 9.17) is 0 Å². The molecule has 0 bridgehead atoms. The Bertz CT molecular complexity index is 141. The van der Waals surface area contributed by atoms with Gasteiger partial charge in [0.05, 0.1) is 6.10 Å². The van der Waals surface area contributed by atoms with Crippen molar-refractivity contribution in [1.29, 1.82) is 0 Å². The van der Waals surface area contributed by atoms with Crippen LogP contribution in [-0.4, -0.2) is 22.3 Å². The second-order valence-electron chi connectivity index (χ2n) is 4.80. The number of hydrogen-bond acceptors (Lipinski definition) is 1. The fraction of sp³-hybridized carbons (Fsp3) is 1.00. The van der Waals surface area contributed by atoms with Gasteiger partial charge in [0.15, 0.2) is 0 Å². The number of rotatable bonds is 0. The largest absolute Gasteiger partial charge is 0.652 e. The summed E-state index contributed by atoms with van der Waals surface area (Å²) in [4.78, 5) is 0. The van der Waals surface area contributed by atoms with E-state index in [1.807, 2.05) is 0 Å². The van der Waals surface area contributed by atoms with Gasteiger partial charge in [0.25, 0.3) is 0 Å². The smallest absolute Gasteiger partial charge is 0.0517 e. The van der Waals surface area contributed by atoms with Crippen molar-refractivity contribution >= 4 is 0 Å². The molecule has 1 heterocycles. The van der Waals surface area contributed by atoms with E-state index in [-0.39, 0.29) is 49.9 Å². The van der Waals surface area contributed by atoms with Gasteiger partial charge >= 0.3 is 0 Å². The van der Waals surface area contributed by atoms with Crippen molar-refractivity contribution in [1.82, 2.24) is 0 Å². The van der Waals surface area contributed by atoms with Gasteiger partial charge in [0.2, 0.25) is 0 Å². The van der Waals surface area contributed by atoms with Gasteiger partial charge in [-0.1, -0.05) is 27.7 Å². The first-order valence-corrected chi connectivity index (χ1v) is 4.23. The van der Waals surface area contributed by atoms with Gasteiger partial charge in [0.1, 0.15) is 0 Å². The molecule has 0 aromatic carbocycles. The number of hydrogen-bond donors (Lipinski definition) is 1. The van der Waals surface area contributed by atoms with Crippen LogP contribution in [0.25, 0.3) is 5.32 Å². The summed E-state index contributed by atoms with van der Waals surface area (Å²) in [6.45, 7) is 8.32. The Kier molecular flexibility index (Phi) is 4.38. The van der Waals surface area contributed by atoms with Gasteiger partial charge in [-0.15, -0.1) is 11.1 Å². The Labute approximate surface area is 100 Å². The maximum Gasteiger partial charge on any atom is 0.0517 e. The Morgan fingerprint density at radius 2 is 1.42 bits per heavy atom. The van der Waals surface area contributed by atoms with Gasteiger partial charge in [-0.05, 0) is 12.8 Å². The van der Waals surface area contributed by atoms with Crippen LogP contribution >= 0.6 is 0 Å². The summed E-state index contributed by atoms with van der Waals surface area (Å²) in [6, 6.07) is 0. The molecule has 0 unspecified atom stereocenters. The zero-order valence-corrected chi connectivity index (χ0v) is 11.3. The van der Waals surface area contributed by atoms with E-state index < -0.39 is 0 Å². The molecule has 1 aliphatic rings. The maximum atomic E-state index is 9.52. The van der Waals surface area contributed by atoms with E-state index in [2.05, 4.69) is 33.0 Å². The van der Waals surface area contributed by atoms with Gasteiger partial charge in [-0.3, -0.25) is 0 Å². The van der Waals surface area contributed by atoms with Gasteiger partial charge < -0.3 is 10.4 Å². The summed E-state index contributed by atoms with van der Waals surface area (Å²) in [5.74, 6) is 0. The van der Waals surface area contributed by atoms with Crippen molar-refractivity contribution in [2.24, 2.45) is 0 Å². The number of aliphatic hydroxyl groups is 1. The molecular formula is C9H18NOY-. The minimum absolute atomic E-state index is 0. The minimum Gasteiger partial charge on any atom is -0.652 e. The normalized spacial score (nSPS) is 27.8. The molecule has 0 amide bonds. The summed E-state index contributed by atoms with van der Waals surface area (Å²) >= 11 is 0. The van der Waals surface area contributed by atoms with Crippen LogP contribution in [0.15, 0.2) is 0 Å². The predicted octanol–water partition coefficient (Wildman–Crippen LogP) is 2.07. The second-order valence-corrected chi connectivity index (χ2v) is 4.80. The monoisotopic (exact) mass is 245 g/mol. The van der Waals surface area contributed by atoms with E-state index in [1.165, 1.54) is 0 Å². The first-order chi connectivity index (χ1) is 4.81. The third kappa shape index (κ3) is 3.82. The van der Waals surface area contributed by atoms with Crippen LogP contribution in [0.3, 0.4) is 0 Å².